The molecule has 0 amide bonds. The minimum Gasteiger partial charge on any atom is -0.310 e. The monoisotopic (exact) mass is 905 g/mol. The molecule has 11 aromatic carbocycles. The van der Waals surface area contributed by atoms with Crippen LogP contribution in [-0.4, -0.2) is 0 Å². The molecule has 0 saturated heterocycles. The van der Waals surface area contributed by atoms with Crippen molar-refractivity contribution in [1.29, 1.82) is 0 Å². The van der Waals surface area contributed by atoms with Gasteiger partial charge in [-0.2, -0.15) is 0 Å². The Morgan fingerprint density at radius 1 is 0.254 bits per heavy atom. The van der Waals surface area contributed by atoms with Gasteiger partial charge in [-0.3, -0.25) is 0 Å². The van der Waals surface area contributed by atoms with E-state index in [1.807, 2.05) is 0 Å². The van der Waals surface area contributed by atoms with Crippen LogP contribution < -0.4 is 4.90 Å². The van der Waals surface area contributed by atoms with Crippen LogP contribution in [0.25, 0.3) is 66.8 Å². The van der Waals surface area contributed by atoms with Crippen LogP contribution in [0.3, 0.4) is 0 Å². The molecule has 0 fully saturated rings. The van der Waals surface area contributed by atoms with Gasteiger partial charge in [-0.15, -0.1) is 0 Å². The van der Waals surface area contributed by atoms with Gasteiger partial charge in [0.25, 0.3) is 0 Å². The third kappa shape index (κ3) is 6.84. The van der Waals surface area contributed by atoms with Crippen molar-refractivity contribution in [3.63, 3.8) is 0 Å². The second-order valence-electron chi connectivity index (χ2n) is 19.6. The lowest BCUT2D eigenvalue weighted by Gasteiger charge is -2.35. The summed E-state index contributed by atoms with van der Waals surface area (Å²) < 4.78 is 0. The summed E-state index contributed by atoms with van der Waals surface area (Å²) in [7, 11) is 0. The Hall–Kier alpha value is -8.78. The minimum absolute atomic E-state index is 0.220. The van der Waals surface area contributed by atoms with E-state index in [1.54, 1.807) is 0 Å². The fraction of sp³-hybridized carbons (Fsp3) is 0.0571. The zero-order valence-electron chi connectivity index (χ0n) is 39.9. The van der Waals surface area contributed by atoms with Crippen LogP contribution in [-0.2, 0) is 10.8 Å². The third-order valence-electron chi connectivity index (χ3n) is 15.4. The summed E-state index contributed by atoms with van der Waals surface area (Å²) in [4.78, 5) is 2.44. The Balaban J connectivity index is 1.06. The quantitative estimate of drug-likeness (QED) is 0.139. The summed E-state index contributed by atoms with van der Waals surface area (Å²) >= 11 is 0. The second kappa shape index (κ2) is 17.0. The van der Waals surface area contributed by atoms with Crippen LogP contribution in [0.15, 0.2) is 273 Å². The number of hydrogen-bond donors (Lipinski definition) is 0. The van der Waals surface area contributed by atoms with E-state index in [-0.39, 0.29) is 5.41 Å². The number of nitrogens with zero attached hydrogens (tertiary/aromatic N) is 1. The van der Waals surface area contributed by atoms with Crippen molar-refractivity contribution in [2.45, 2.75) is 24.7 Å². The van der Waals surface area contributed by atoms with Gasteiger partial charge in [-0.25, -0.2) is 0 Å². The average molecular weight is 906 g/mol. The van der Waals surface area contributed by atoms with E-state index in [1.165, 1.54) is 100 Å². The first kappa shape index (κ1) is 42.3. The maximum atomic E-state index is 2.60. The van der Waals surface area contributed by atoms with Crippen LogP contribution in [0, 0.1) is 0 Å². The first-order chi connectivity index (χ1) is 35.0. The predicted molar refractivity (Wildman–Crippen MR) is 298 cm³/mol. The highest BCUT2D eigenvalue weighted by Gasteiger charge is 2.50. The molecule has 0 N–H and O–H groups in total. The van der Waals surface area contributed by atoms with Gasteiger partial charge < -0.3 is 4.90 Å². The maximum absolute atomic E-state index is 2.60. The molecule has 0 bridgehead atoms. The number of fused-ring (bicyclic) bond motifs is 6. The summed E-state index contributed by atoms with van der Waals surface area (Å²) in [5.41, 5.74) is 25.2. The van der Waals surface area contributed by atoms with E-state index < -0.39 is 5.41 Å². The molecule has 11 aromatic rings. The molecule has 0 radical (unpaired) electrons. The summed E-state index contributed by atoms with van der Waals surface area (Å²) in [5, 5.41) is 0. The molecule has 0 atom stereocenters. The smallest absolute Gasteiger partial charge is 0.0713 e. The second-order valence-corrected chi connectivity index (χ2v) is 19.6. The Bertz CT molecular complexity index is 3670. The predicted octanol–water partition coefficient (Wildman–Crippen LogP) is 18.5. The van der Waals surface area contributed by atoms with Gasteiger partial charge in [0.05, 0.1) is 5.41 Å². The minimum atomic E-state index is -0.602. The van der Waals surface area contributed by atoms with Crippen molar-refractivity contribution < 1.29 is 0 Å². The van der Waals surface area contributed by atoms with E-state index in [0.29, 0.717) is 0 Å². The molecule has 0 spiro atoms. The topological polar surface area (TPSA) is 3.24 Å². The Morgan fingerprint density at radius 2 is 0.634 bits per heavy atom. The van der Waals surface area contributed by atoms with E-state index in [4.69, 9.17) is 0 Å². The normalized spacial score (nSPS) is 13.4. The summed E-state index contributed by atoms with van der Waals surface area (Å²) in [5.74, 6) is 0. The van der Waals surface area contributed by atoms with Crippen molar-refractivity contribution in [1.82, 2.24) is 0 Å². The summed E-state index contributed by atoms with van der Waals surface area (Å²) in [6, 6.07) is 101. The highest BCUT2D eigenvalue weighted by Crippen LogP contribution is 2.64. The number of benzene rings is 11. The number of hydrogen-bond acceptors (Lipinski definition) is 1. The zero-order valence-corrected chi connectivity index (χ0v) is 39.9. The van der Waals surface area contributed by atoms with Gasteiger partial charge in [0.15, 0.2) is 0 Å². The third-order valence-corrected chi connectivity index (χ3v) is 15.4. The Labute approximate surface area is 417 Å². The Kier molecular flexibility index (Phi) is 10.1. The van der Waals surface area contributed by atoms with Crippen LogP contribution in [0.4, 0.5) is 17.1 Å². The summed E-state index contributed by atoms with van der Waals surface area (Å²) in [6.07, 6.45) is 0. The maximum Gasteiger partial charge on any atom is 0.0713 e. The van der Waals surface area contributed by atoms with E-state index >= 15 is 0 Å². The molecule has 0 saturated carbocycles. The molecule has 0 aliphatic heterocycles. The zero-order chi connectivity index (χ0) is 47.5. The number of rotatable bonds is 9. The van der Waals surface area contributed by atoms with Crippen molar-refractivity contribution in [3.05, 3.63) is 306 Å². The molecule has 0 aromatic heterocycles. The largest absolute Gasteiger partial charge is 0.310 e. The Morgan fingerprint density at radius 3 is 1.13 bits per heavy atom. The molecular weight excluding hydrogens is 855 g/mol. The van der Waals surface area contributed by atoms with Crippen molar-refractivity contribution in [3.8, 4) is 66.8 Å². The lowest BCUT2D eigenvalue weighted by atomic mass is 9.66. The average Bonchev–Trinajstić information content (AvgIpc) is 3.86. The highest BCUT2D eigenvalue weighted by molar-refractivity contribution is 6.06. The standard InChI is InChI=1S/C70H51N/c1-69(2)62-31-19-18-30-60(62)67-64(69)47-65-68(66(67)54-24-12-5-13-25-54)61-46-59(44-45-63(61)70(65,55-26-14-6-15-27-55)56-28-16-7-17-29-56)71(57-40-36-52(37-41-57)49-22-10-4-11-23-49)58-42-38-53(39-43-58)51-34-32-50(33-35-51)48-20-8-3-9-21-48/h3-47H,1-2H3. The lowest BCUT2D eigenvalue weighted by Crippen LogP contribution is -2.29. The van der Waals surface area contributed by atoms with Crippen molar-refractivity contribution in [2.24, 2.45) is 0 Å². The van der Waals surface area contributed by atoms with E-state index in [0.717, 1.165) is 17.1 Å². The molecule has 13 rings (SSSR count). The van der Waals surface area contributed by atoms with E-state index in [9.17, 15) is 0 Å². The van der Waals surface area contributed by atoms with Gasteiger partial charge in [-0.05, 0) is 137 Å². The van der Waals surface area contributed by atoms with Crippen LogP contribution in [0.5, 0.6) is 0 Å². The summed E-state index contributed by atoms with van der Waals surface area (Å²) in [6.45, 7) is 4.83. The first-order valence-corrected chi connectivity index (χ1v) is 24.8. The molecule has 1 nitrogen and oxygen atoms in total. The van der Waals surface area contributed by atoms with Crippen LogP contribution >= 0.6 is 0 Å². The van der Waals surface area contributed by atoms with Crippen LogP contribution in [0.2, 0.25) is 0 Å². The van der Waals surface area contributed by atoms with Gasteiger partial charge in [0.2, 0.25) is 0 Å². The van der Waals surface area contributed by atoms with Crippen molar-refractivity contribution in [2.75, 3.05) is 4.90 Å². The van der Waals surface area contributed by atoms with E-state index in [2.05, 4.69) is 292 Å². The molecule has 1 heteroatoms. The fourth-order valence-corrected chi connectivity index (χ4v) is 12.0. The SMILES string of the molecule is CC1(C)c2ccccc2-c2c1cc1c(c2-c2ccccc2)-c2cc(N(c3ccc(-c4ccccc4)cc3)c3ccc(-c4ccc(-c5ccccc5)cc4)cc3)ccc2C1(c1ccccc1)c1ccccc1. The first-order valence-electron chi connectivity index (χ1n) is 24.8. The lowest BCUT2D eigenvalue weighted by molar-refractivity contribution is 0.656. The number of anilines is 3. The molecule has 336 valence electrons. The molecule has 71 heavy (non-hydrogen) atoms. The molecule has 0 heterocycles. The molecule has 2 aliphatic carbocycles. The van der Waals surface area contributed by atoms with Gasteiger partial charge in [0, 0.05) is 22.5 Å². The van der Waals surface area contributed by atoms with Crippen molar-refractivity contribution >= 4 is 17.1 Å². The van der Waals surface area contributed by atoms with Gasteiger partial charge >= 0.3 is 0 Å². The van der Waals surface area contributed by atoms with Gasteiger partial charge in [0.1, 0.15) is 0 Å². The molecule has 0 unspecified atom stereocenters. The highest BCUT2D eigenvalue weighted by atomic mass is 15.1. The molecule has 2 aliphatic rings. The van der Waals surface area contributed by atoms with Gasteiger partial charge in [-0.1, -0.05) is 250 Å². The molecular formula is C70H51N. The fourth-order valence-electron chi connectivity index (χ4n) is 12.0. The van der Waals surface area contributed by atoms with Crippen LogP contribution in [0.1, 0.15) is 47.2 Å².